The summed E-state index contributed by atoms with van der Waals surface area (Å²) in [6.45, 7) is 5.34. The standard InChI is InChI=1S/C10H16N3O3/c14-9-1-2-13(10(15)11-9)4-3-12-5-7-16-8-6-12/h1-8H2. The molecule has 0 atom stereocenters. The molecule has 0 unspecified atom stereocenters. The molecule has 2 fully saturated rings. The predicted octanol–water partition coefficient (Wildman–Crippen LogP) is -0.725. The van der Waals surface area contributed by atoms with Crippen LogP contribution in [0.4, 0.5) is 4.79 Å². The average molecular weight is 226 g/mol. The summed E-state index contributed by atoms with van der Waals surface area (Å²) in [4.78, 5) is 26.1. The molecule has 0 aromatic rings. The first-order valence-electron chi connectivity index (χ1n) is 5.59. The number of hydrogen-bond acceptors (Lipinski definition) is 4. The van der Waals surface area contributed by atoms with Crippen molar-refractivity contribution < 1.29 is 14.3 Å². The zero-order valence-corrected chi connectivity index (χ0v) is 9.22. The number of ether oxygens (including phenoxy) is 1. The largest absolute Gasteiger partial charge is 0.379 e. The SMILES string of the molecule is O=C1CCN(CCN2CCOCC2)C(=O)[N]1. The number of morpholine rings is 1. The third-order valence-electron chi connectivity index (χ3n) is 2.88. The fourth-order valence-corrected chi connectivity index (χ4v) is 1.85. The Balaban J connectivity index is 1.72. The van der Waals surface area contributed by atoms with E-state index in [0.29, 0.717) is 19.5 Å². The molecule has 0 aromatic carbocycles. The first-order chi connectivity index (χ1) is 7.75. The van der Waals surface area contributed by atoms with E-state index in [0.717, 1.165) is 32.8 Å². The Morgan fingerprint density at radius 3 is 2.56 bits per heavy atom. The lowest BCUT2D eigenvalue weighted by Crippen LogP contribution is -2.49. The van der Waals surface area contributed by atoms with Gasteiger partial charge >= 0.3 is 6.03 Å². The van der Waals surface area contributed by atoms with Crippen molar-refractivity contribution in [2.24, 2.45) is 0 Å². The number of urea groups is 1. The Morgan fingerprint density at radius 1 is 1.12 bits per heavy atom. The number of hydrogen-bond donors (Lipinski definition) is 0. The van der Waals surface area contributed by atoms with Crippen molar-refractivity contribution in [3.8, 4) is 0 Å². The van der Waals surface area contributed by atoms with Crippen molar-refractivity contribution in [3.05, 3.63) is 0 Å². The van der Waals surface area contributed by atoms with E-state index < -0.39 is 0 Å². The maximum absolute atomic E-state index is 11.4. The van der Waals surface area contributed by atoms with E-state index in [2.05, 4.69) is 10.2 Å². The van der Waals surface area contributed by atoms with E-state index in [-0.39, 0.29) is 11.9 Å². The van der Waals surface area contributed by atoms with E-state index in [9.17, 15) is 9.59 Å². The van der Waals surface area contributed by atoms with Crippen molar-refractivity contribution in [1.29, 1.82) is 0 Å². The number of rotatable bonds is 3. The Labute approximate surface area is 94.5 Å². The Bertz CT molecular complexity index is 276. The summed E-state index contributed by atoms with van der Waals surface area (Å²) in [7, 11) is 0. The Morgan fingerprint density at radius 2 is 1.88 bits per heavy atom. The molecule has 6 heteroatoms. The van der Waals surface area contributed by atoms with Crippen molar-refractivity contribution in [2.75, 3.05) is 45.9 Å². The van der Waals surface area contributed by atoms with Gasteiger partial charge in [0.25, 0.3) is 5.91 Å². The molecule has 3 amide bonds. The molecule has 6 nitrogen and oxygen atoms in total. The average Bonchev–Trinajstić information content (AvgIpc) is 2.29. The molecule has 0 aliphatic carbocycles. The Kier molecular flexibility index (Phi) is 3.74. The molecule has 16 heavy (non-hydrogen) atoms. The van der Waals surface area contributed by atoms with Gasteiger partial charge in [-0.15, -0.1) is 0 Å². The van der Waals surface area contributed by atoms with Gasteiger partial charge in [0.15, 0.2) is 0 Å². The van der Waals surface area contributed by atoms with Gasteiger partial charge in [-0.25, -0.2) is 4.79 Å². The minimum atomic E-state index is -0.385. The van der Waals surface area contributed by atoms with Crippen LogP contribution in [0.1, 0.15) is 6.42 Å². The molecule has 2 rings (SSSR count). The summed E-state index contributed by atoms with van der Waals surface area (Å²) >= 11 is 0. The second-order valence-electron chi connectivity index (χ2n) is 3.98. The van der Waals surface area contributed by atoms with Crippen LogP contribution in [0.2, 0.25) is 0 Å². The van der Waals surface area contributed by atoms with Gasteiger partial charge in [-0.2, -0.15) is 5.32 Å². The molecule has 2 heterocycles. The van der Waals surface area contributed by atoms with Gasteiger partial charge in [-0.1, -0.05) is 0 Å². The van der Waals surface area contributed by atoms with E-state index >= 15 is 0 Å². The number of imide groups is 1. The van der Waals surface area contributed by atoms with Crippen LogP contribution in [-0.4, -0.2) is 67.7 Å². The van der Waals surface area contributed by atoms with Crippen LogP contribution < -0.4 is 5.32 Å². The van der Waals surface area contributed by atoms with E-state index in [1.165, 1.54) is 0 Å². The van der Waals surface area contributed by atoms with Gasteiger partial charge in [-0.3, -0.25) is 9.69 Å². The third kappa shape index (κ3) is 2.93. The number of carbonyl (C=O) groups is 2. The van der Waals surface area contributed by atoms with Crippen LogP contribution in [0.25, 0.3) is 0 Å². The summed E-state index contributed by atoms with van der Waals surface area (Å²) in [6, 6.07) is -0.385. The summed E-state index contributed by atoms with van der Waals surface area (Å²) < 4.78 is 5.24. The molecule has 2 aliphatic heterocycles. The van der Waals surface area contributed by atoms with Gasteiger partial charge in [0.05, 0.1) is 13.2 Å². The minimum absolute atomic E-state index is 0.298. The molecule has 2 saturated heterocycles. The highest BCUT2D eigenvalue weighted by Gasteiger charge is 2.25. The van der Waals surface area contributed by atoms with Crippen molar-refractivity contribution in [1.82, 2.24) is 15.1 Å². The number of nitrogens with zero attached hydrogens (tertiary/aromatic N) is 3. The van der Waals surface area contributed by atoms with Gasteiger partial charge in [-0.05, 0) is 0 Å². The highest BCUT2D eigenvalue weighted by molar-refractivity contribution is 5.96. The van der Waals surface area contributed by atoms with E-state index in [1.807, 2.05) is 0 Å². The first-order valence-corrected chi connectivity index (χ1v) is 5.59. The molecule has 0 bridgehead atoms. The predicted molar refractivity (Wildman–Crippen MR) is 56.0 cm³/mol. The lowest BCUT2D eigenvalue weighted by Gasteiger charge is -2.30. The zero-order valence-electron chi connectivity index (χ0n) is 9.22. The van der Waals surface area contributed by atoms with Crippen LogP contribution in [0, 0.1) is 0 Å². The van der Waals surface area contributed by atoms with Gasteiger partial charge < -0.3 is 9.64 Å². The molecular weight excluding hydrogens is 210 g/mol. The van der Waals surface area contributed by atoms with Crippen LogP contribution >= 0.6 is 0 Å². The van der Waals surface area contributed by atoms with Gasteiger partial charge in [0, 0.05) is 39.1 Å². The second kappa shape index (κ2) is 5.27. The fourth-order valence-electron chi connectivity index (χ4n) is 1.85. The second-order valence-corrected chi connectivity index (χ2v) is 3.98. The smallest absolute Gasteiger partial charge is 0.346 e. The van der Waals surface area contributed by atoms with Crippen LogP contribution in [0.15, 0.2) is 0 Å². The van der Waals surface area contributed by atoms with Crippen LogP contribution in [0.3, 0.4) is 0 Å². The van der Waals surface area contributed by atoms with Crippen LogP contribution in [-0.2, 0) is 9.53 Å². The normalized spacial score (nSPS) is 23.4. The Hall–Kier alpha value is -1.14. The third-order valence-corrected chi connectivity index (χ3v) is 2.88. The molecule has 2 aliphatic rings. The monoisotopic (exact) mass is 226 g/mol. The molecule has 0 spiro atoms. The summed E-state index contributed by atoms with van der Waals surface area (Å²) in [5, 5.41) is 3.43. The highest BCUT2D eigenvalue weighted by atomic mass is 16.5. The maximum Gasteiger partial charge on any atom is 0.346 e. The molecule has 89 valence electrons. The summed E-state index contributed by atoms with van der Waals surface area (Å²) in [5.41, 5.74) is 0. The minimum Gasteiger partial charge on any atom is -0.379 e. The zero-order chi connectivity index (χ0) is 11.4. The lowest BCUT2D eigenvalue weighted by atomic mass is 10.3. The van der Waals surface area contributed by atoms with Gasteiger partial charge in [0.2, 0.25) is 0 Å². The first kappa shape index (κ1) is 11.3. The maximum atomic E-state index is 11.4. The van der Waals surface area contributed by atoms with Crippen molar-refractivity contribution in [3.63, 3.8) is 0 Å². The van der Waals surface area contributed by atoms with E-state index in [1.54, 1.807) is 4.90 Å². The molecule has 1 radical (unpaired) electrons. The van der Waals surface area contributed by atoms with Crippen molar-refractivity contribution >= 4 is 11.9 Å². The highest BCUT2D eigenvalue weighted by Crippen LogP contribution is 2.03. The molecule has 0 aromatic heterocycles. The number of carbonyl (C=O) groups excluding carboxylic acids is 2. The molecular formula is C10H16N3O3. The quantitative estimate of drug-likeness (QED) is 0.637. The fraction of sp³-hybridized carbons (Fsp3) is 0.800. The van der Waals surface area contributed by atoms with Gasteiger partial charge in [0.1, 0.15) is 0 Å². The lowest BCUT2D eigenvalue weighted by molar-refractivity contribution is -0.121. The molecule has 0 N–H and O–H groups in total. The number of amides is 3. The topological polar surface area (TPSA) is 64.0 Å². The molecule has 0 saturated carbocycles. The van der Waals surface area contributed by atoms with Crippen molar-refractivity contribution in [2.45, 2.75) is 6.42 Å². The summed E-state index contributed by atoms with van der Waals surface area (Å²) in [6.07, 6.45) is 0.356. The van der Waals surface area contributed by atoms with E-state index in [4.69, 9.17) is 4.74 Å². The van der Waals surface area contributed by atoms with Crippen LogP contribution in [0.5, 0.6) is 0 Å². The summed E-state index contributed by atoms with van der Waals surface area (Å²) in [5.74, 6) is -0.298.